The van der Waals surface area contributed by atoms with E-state index in [2.05, 4.69) is 0 Å². The molecule has 0 spiro atoms. The molecule has 0 aliphatic rings. The summed E-state index contributed by atoms with van der Waals surface area (Å²) in [6.45, 7) is 3.66. The second-order valence-electron chi connectivity index (χ2n) is 3.73. The van der Waals surface area contributed by atoms with Gasteiger partial charge in [-0.15, -0.1) is 0 Å². The second kappa shape index (κ2) is 4.47. The lowest BCUT2D eigenvalue weighted by Crippen LogP contribution is -2.42. The third-order valence-electron chi connectivity index (χ3n) is 2.71. The molecule has 0 saturated carbocycles. The summed E-state index contributed by atoms with van der Waals surface area (Å²) in [5, 5.41) is 0. The Hall–Kier alpha value is -1.21. The van der Waals surface area contributed by atoms with Gasteiger partial charge in [0.2, 0.25) is 0 Å². The number of rotatable bonds is 2. The van der Waals surface area contributed by atoms with Crippen molar-refractivity contribution in [3.05, 3.63) is 17.2 Å². The number of hydrogen-bond acceptors (Lipinski definition) is 0. The van der Waals surface area contributed by atoms with Crippen molar-refractivity contribution in [3.8, 4) is 0 Å². The molecule has 0 atom stereocenters. The SMILES string of the molecule is CCn1c(C(F)(F)F)c(C(F)(F)F)[n+](CC)c1C. The summed E-state index contributed by atoms with van der Waals surface area (Å²) in [4.78, 5) is 0. The monoisotopic (exact) mass is 275 g/mol. The van der Waals surface area contributed by atoms with Gasteiger partial charge in [-0.1, -0.05) is 0 Å². The lowest BCUT2D eigenvalue weighted by Gasteiger charge is -2.09. The maximum Gasteiger partial charge on any atom is 0.457 e. The fourth-order valence-electron chi connectivity index (χ4n) is 2.07. The molecule has 0 N–H and O–H groups in total. The van der Waals surface area contributed by atoms with Crippen LogP contribution in [-0.2, 0) is 25.4 Å². The first-order chi connectivity index (χ1) is 8.05. The largest absolute Gasteiger partial charge is 0.457 e. The predicted molar refractivity (Wildman–Crippen MR) is 50.7 cm³/mol. The van der Waals surface area contributed by atoms with Gasteiger partial charge in [0.1, 0.15) is 0 Å². The minimum absolute atomic E-state index is 0.0559. The highest BCUT2D eigenvalue weighted by Crippen LogP contribution is 2.39. The molecule has 0 radical (unpaired) electrons. The number of halogens is 6. The topological polar surface area (TPSA) is 8.81 Å². The van der Waals surface area contributed by atoms with Crippen molar-refractivity contribution in [2.45, 2.75) is 46.2 Å². The molecule has 1 heterocycles. The molecule has 1 aromatic heterocycles. The van der Waals surface area contributed by atoms with E-state index >= 15 is 0 Å². The molecule has 0 fully saturated rings. The molecule has 104 valence electrons. The Morgan fingerprint density at radius 3 is 1.78 bits per heavy atom. The van der Waals surface area contributed by atoms with Crippen molar-refractivity contribution in [1.82, 2.24) is 4.57 Å². The van der Waals surface area contributed by atoms with Crippen LogP contribution in [-0.4, -0.2) is 4.57 Å². The number of hydrogen-bond donors (Lipinski definition) is 0. The molecule has 0 saturated heterocycles. The molecule has 1 rings (SSSR count). The normalized spacial score (nSPS) is 13.2. The number of nitrogens with zero attached hydrogens (tertiary/aromatic N) is 2. The Balaban J connectivity index is 3.75. The summed E-state index contributed by atoms with van der Waals surface area (Å²) in [7, 11) is 0. The molecule has 0 amide bonds. The van der Waals surface area contributed by atoms with Gasteiger partial charge in [-0.2, -0.15) is 26.3 Å². The summed E-state index contributed by atoms with van der Waals surface area (Å²) >= 11 is 0. The Kier molecular flexibility index (Phi) is 3.69. The maximum atomic E-state index is 12.8. The van der Waals surface area contributed by atoms with Crippen molar-refractivity contribution in [3.63, 3.8) is 0 Å². The van der Waals surface area contributed by atoms with Crippen molar-refractivity contribution < 1.29 is 30.9 Å². The van der Waals surface area contributed by atoms with Crippen LogP contribution in [0, 0.1) is 6.92 Å². The van der Waals surface area contributed by atoms with Crippen LogP contribution in [0.5, 0.6) is 0 Å². The third kappa shape index (κ3) is 2.32. The first kappa shape index (κ1) is 14.8. The highest BCUT2D eigenvalue weighted by atomic mass is 19.4. The van der Waals surface area contributed by atoms with Crippen LogP contribution in [0.4, 0.5) is 26.3 Å². The zero-order valence-corrected chi connectivity index (χ0v) is 10.1. The van der Waals surface area contributed by atoms with Gasteiger partial charge in [0.25, 0.3) is 17.2 Å². The van der Waals surface area contributed by atoms with E-state index < -0.39 is 23.7 Å². The van der Waals surface area contributed by atoms with Crippen LogP contribution in [0.25, 0.3) is 0 Å². The molecule has 0 aromatic carbocycles. The van der Waals surface area contributed by atoms with E-state index in [1.807, 2.05) is 0 Å². The van der Waals surface area contributed by atoms with Crippen LogP contribution in [0.3, 0.4) is 0 Å². The van der Waals surface area contributed by atoms with E-state index in [0.717, 1.165) is 0 Å². The minimum Gasteiger partial charge on any atom is -0.224 e. The Labute approximate surface area is 99.8 Å². The molecule has 18 heavy (non-hydrogen) atoms. The van der Waals surface area contributed by atoms with E-state index in [0.29, 0.717) is 9.13 Å². The van der Waals surface area contributed by atoms with Crippen LogP contribution in [0.2, 0.25) is 0 Å². The van der Waals surface area contributed by atoms with Crippen LogP contribution < -0.4 is 4.57 Å². The zero-order chi connectivity index (χ0) is 14.3. The van der Waals surface area contributed by atoms with E-state index in [1.54, 1.807) is 0 Å². The molecular formula is C10H13F6N2+. The quantitative estimate of drug-likeness (QED) is 0.579. The molecule has 0 bridgehead atoms. The summed E-state index contributed by atoms with van der Waals surface area (Å²) in [6.07, 6.45) is -10.1. The average molecular weight is 275 g/mol. The van der Waals surface area contributed by atoms with Crippen molar-refractivity contribution in [2.75, 3.05) is 0 Å². The van der Waals surface area contributed by atoms with Crippen LogP contribution >= 0.6 is 0 Å². The van der Waals surface area contributed by atoms with E-state index in [4.69, 9.17) is 0 Å². The van der Waals surface area contributed by atoms with Crippen LogP contribution in [0.15, 0.2) is 0 Å². The molecule has 2 nitrogen and oxygen atoms in total. The van der Waals surface area contributed by atoms with Gasteiger partial charge in [0.05, 0.1) is 13.1 Å². The van der Waals surface area contributed by atoms with Crippen molar-refractivity contribution in [2.24, 2.45) is 0 Å². The third-order valence-corrected chi connectivity index (χ3v) is 2.71. The minimum atomic E-state index is -5.04. The van der Waals surface area contributed by atoms with Gasteiger partial charge in [0.15, 0.2) is 0 Å². The smallest absolute Gasteiger partial charge is 0.224 e. The number of alkyl halides is 6. The maximum absolute atomic E-state index is 12.8. The Morgan fingerprint density at radius 2 is 1.50 bits per heavy atom. The Bertz CT molecular complexity index is 401. The first-order valence-electron chi connectivity index (χ1n) is 5.32. The molecule has 0 aliphatic carbocycles. The molecule has 0 aliphatic heterocycles. The lowest BCUT2D eigenvalue weighted by atomic mass is 10.3. The van der Waals surface area contributed by atoms with Gasteiger partial charge in [0, 0.05) is 6.92 Å². The predicted octanol–water partition coefficient (Wildman–Crippen LogP) is 3.16. The van der Waals surface area contributed by atoms with Gasteiger partial charge < -0.3 is 0 Å². The van der Waals surface area contributed by atoms with Gasteiger partial charge in [-0.25, -0.2) is 9.13 Å². The van der Waals surface area contributed by atoms with Crippen molar-refractivity contribution >= 4 is 0 Å². The van der Waals surface area contributed by atoms with Crippen molar-refractivity contribution in [1.29, 1.82) is 0 Å². The summed E-state index contributed by atoms with van der Waals surface area (Å²) in [5.74, 6) is -0.0559. The standard InChI is InChI=1S/C10H13F6N2/c1-4-17-6(3)18(5-2)8(10(14,15)16)7(17)9(11,12)13/h4-5H2,1-3H3/q+1. The van der Waals surface area contributed by atoms with E-state index in [1.165, 1.54) is 20.8 Å². The number of imidazole rings is 1. The molecule has 1 aromatic rings. The summed E-state index contributed by atoms with van der Waals surface area (Å²) in [5.41, 5.74) is -3.26. The van der Waals surface area contributed by atoms with Gasteiger partial charge >= 0.3 is 12.4 Å². The van der Waals surface area contributed by atoms with Crippen LogP contribution in [0.1, 0.15) is 31.1 Å². The molecular weight excluding hydrogens is 262 g/mol. The fourth-order valence-corrected chi connectivity index (χ4v) is 2.07. The molecule has 0 unspecified atom stereocenters. The van der Waals surface area contributed by atoms with Gasteiger partial charge in [-0.3, -0.25) is 0 Å². The summed E-state index contributed by atoms with van der Waals surface area (Å²) in [6, 6.07) is 0. The second-order valence-corrected chi connectivity index (χ2v) is 3.73. The fraction of sp³-hybridized carbons (Fsp3) is 0.700. The zero-order valence-electron chi connectivity index (χ0n) is 10.1. The molecule has 8 heteroatoms. The first-order valence-corrected chi connectivity index (χ1v) is 5.32. The highest BCUT2D eigenvalue weighted by Gasteiger charge is 2.55. The lowest BCUT2D eigenvalue weighted by molar-refractivity contribution is -0.717. The highest BCUT2D eigenvalue weighted by molar-refractivity contribution is 5.17. The number of aromatic nitrogens is 2. The van der Waals surface area contributed by atoms with E-state index in [-0.39, 0.29) is 18.9 Å². The van der Waals surface area contributed by atoms with Gasteiger partial charge in [-0.05, 0) is 13.8 Å². The summed E-state index contributed by atoms with van der Waals surface area (Å²) < 4.78 is 78.2. The van der Waals surface area contributed by atoms with E-state index in [9.17, 15) is 26.3 Å². The average Bonchev–Trinajstić information content (AvgIpc) is 2.49. The Morgan fingerprint density at radius 1 is 1.00 bits per heavy atom.